The molecule has 130 valence electrons. The van der Waals surface area contributed by atoms with E-state index < -0.39 is 0 Å². The number of amides is 1. The van der Waals surface area contributed by atoms with Crippen molar-refractivity contribution in [2.24, 2.45) is 7.05 Å². The molecule has 1 aromatic carbocycles. The van der Waals surface area contributed by atoms with Crippen LogP contribution in [0, 0.1) is 11.3 Å². The summed E-state index contributed by atoms with van der Waals surface area (Å²) in [6, 6.07) is 12.9. The Balaban J connectivity index is 2.19. The van der Waals surface area contributed by atoms with Crippen LogP contribution in [0.1, 0.15) is 28.2 Å². The highest BCUT2D eigenvalue weighted by Crippen LogP contribution is 2.21. The van der Waals surface area contributed by atoms with E-state index in [0.717, 1.165) is 12.0 Å². The fraction of sp³-hybridized carbons (Fsp3) is 0.263. The Hall–Kier alpha value is -2.55. The standard InChI is InChI=1S/C19H20ClN3O2/c1-23-17(8-9-18(23)19(24)22-10-3-11-25-2)15(13-21)12-14-4-6-16(20)7-5-14/h4-9,12H,3,10-11H2,1-2H3,(H,22,24). The van der Waals surface area contributed by atoms with Crippen molar-refractivity contribution in [3.8, 4) is 6.07 Å². The number of carbonyl (C=O) groups excluding carboxylic acids is 1. The van der Waals surface area contributed by atoms with Crippen LogP contribution in [0.15, 0.2) is 36.4 Å². The number of aromatic nitrogens is 1. The van der Waals surface area contributed by atoms with E-state index in [1.807, 2.05) is 12.1 Å². The van der Waals surface area contributed by atoms with Gasteiger partial charge in [-0.2, -0.15) is 5.26 Å². The van der Waals surface area contributed by atoms with Gasteiger partial charge in [0.1, 0.15) is 11.8 Å². The number of nitrogens with one attached hydrogen (secondary N) is 1. The SMILES string of the molecule is COCCCNC(=O)c1ccc(C(C#N)=Cc2ccc(Cl)cc2)n1C. The summed E-state index contributed by atoms with van der Waals surface area (Å²) in [5.41, 5.74) is 2.53. The predicted molar refractivity (Wildman–Crippen MR) is 99.2 cm³/mol. The summed E-state index contributed by atoms with van der Waals surface area (Å²) in [5, 5.41) is 13.0. The average molecular weight is 358 g/mol. The molecule has 0 aliphatic heterocycles. The third-order valence-electron chi connectivity index (χ3n) is 3.74. The van der Waals surface area contributed by atoms with E-state index in [4.69, 9.17) is 16.3 Å². The number of hydrogen-bond acceptors (Lipinski definition) is 3. The molecular weight excluding hydrogens is 338 g/mol. The molecule has 0 aliphatic carbocycles. The first-order valence-corrected chi connectivity index (χ1v) is 8.25. The molecule has 0 saturated carbocycles. The molecule has 1 N–H and O–H groups in total. The van der Waals surface area contributed by atoms with Crippen LogP contribution >= 0.6 is 11.6 Å². The Kier molecular flexibility index (Phi) is 6.81. The molecule has 6 heteroatoms. The Bertz CT molecular complexity index is 801. The van der Waals surface area contributed by atoms with E-state index in [1.54, 1.807) is 49.1 Å². The minimum absolute atomic E-state index is 0.173. The summed E-state index contributed by atoms with van der Waals surface area (Å²) in [7, 11) is 3.40. The first kappa shape index (κ1) is 18.8. The topological polar surface area (TPSA) is 67.0 Å². The molecule has 5 nitrogen and oxygen atoms in total. The normalized spacial score (nSPS) is 11.2. The number of benzene rings is 1. The molecule has 0 aliphatic rings. The first-order valence-electron chi connectivity index (χ1n) is 7.87. The molecule has 0 atom stereocenters. The van der Waals surface area contributed by atoms with E-state index in [-0.39, 0.29) is 5.91 Å². The predicted octanol–water partition coefficient (Wildman–Crippen LogP) is 3.51. The van der Waals surface area contributed by atoms with Crippen LogP contribution in [-0.2, 0) is 11.8 Å². The minimum atomic E-state index is -0.173. The highest BCUT2D eigenvalue weighted by atomic mass is 35.5. The van der Waals surface area contributed by atoms with Crippen molar-refractivity contribution >= 4 is 29.2 Å². The number of allylic oxidation sites excluding steroid dienone is 1. The van der Waals surface area contributed by atoms with Gasteiger partial charge in [-0.15, -0.1) is 0 Å². The summed E-state index contributed by atoms with van der Waals surface area (Å²) >= 11 is 5.88. The van der Waals surface area contributed by atoms with Gasteiger partial charge in [0.15, 0.2) is 0 Å². The van der Waals surface area contributed by atoms with Crippen molar-refractivity contribution in [2.75, 3.05) is 20.3 Å². The average Bonchev–Trinajstić information content (AvgIpc) is 2.99. The number of carbonyl (C=O) groups is 1. The lowest BCUT2D eigenvalue weighted by molar-refractivity contribution is 0.0940. The molecule has 0 fully saturated rings. The van der Waals surface area contributed by atoms with Gasteiger partial charge in [0.2, 0.25) is 0 Å². The van der Waals surface area contributed by atoms with E-state index in [0.29, 0.717) is 35.1 Å². The summed E-state index contributed by atoms with van der Waals surface area (Å²) < 4.78 is 6.68. The zero-order chi connectivity index (χ0) is 18.2. The molecule has 1 amide bonds. The van der Waals surface area contributed by atoms with E-state index in [9.17, 15) is 10.1 Å². The number of nitriles is 1. The van der Waals surface area contributed by atoms with E-state index >= 15 is 0 Å². The monoisotopic (exact) mass is 357 g/mol. The lowest BCUT2D eigenvalue weighted by atomic mass is 10.1. The van der Waals surface area contributed by atoms with Crippen molar-refractivity contribution in [3.63, 3.8) is 0 Å². The second kappa shape index (κ2) is 9.07. The number of hydrogen-bond donors (Lipinski definition) is 1. The van der Waals surface area contributed by atoms with Gasteiger partial charge in [0, 0.05) is 32.3 Å². The summed E-state index contributed by atoms with van der Waals surface area (Å²) in [4.78, 5) is 12.3. The third-order valence-corrected chi connectivity index (χ3v) is 3.99. The van der Waals surface area contributed by atoms with Crippen LogP contribution in [0.2, 0.25) is 5.02 Å². The van der Waals surface area contributed by atoms with Gasteiger partial charge in [-0.25, -0.2) is 0 Å². The molecule has 1 aromatic heterocycles. The molecule has 2 rings (SSSR count). The lowest BCUT2D eigenvalue weighted by Gasteiger charge is -2.08. The Labute approximate surface area is 152 Å². The molecule has 0 radical (unpaired) electrons. The summed E-state index contributed by atoms with van der Waals surface area (Å²) in [6.07, 6.45) is 2.52. The third kappa shape index (κ3) is 4.96. The molecule has 25 heavy (non-hydrogen) atoms. The highest BCUT2D eigenvalue weighted by molar-refractivity contribution is 6.30. The van der Waals surface area contributed by atoms with Gasteiger partial charge in [-0.1, -0.05) is 23.7 Å². The molecule has 1 heterocycles. The smallest absolute Gasteiger partial charge is 0.267 e. The van der Waals surface area contributed by atoms with Crippen molar-refractivity contribution in [1.29, 1.82) is 5.26 Å². The van der Waals surface area contributed by atoms with Crippen LogP contribution in [0.5, 0.6) is 0 Å². The summed E-state index contributed by atoms with van der Waals surface area (Å²) in [5.74, 6) is -0.173. The zero-order valence-electron chi connectivity index (χ0n) is 14.3. The van der Waals surface area contributed by atoms with Gasteiger partial charge in [0.05, 0.1) is 11.3 Å². The molecule has 0 spiro atoms. The van der Waals surface area contributed by atoms with Crippen molar-refractivity contribution in [1.82, 2.24) is 9.88 Å². The minimum Gasteiger partial charge on any atom is -0.385 e. The molecule has 2 aromatic rings. The molecule has 0 bridgehead atoms. The number of nitrogens with zero attached hydrogens (tertiary/aromatic N) is 2. The van der Waals surface area contributed by atoms with Crippen LogP contribution in [0.3, 0.4) is 0 Å². The van der Waals surface area contributed by atoms with E-state index in [1.165, 1.54) is 0 Å². The molecule has 0 unspecified atom stereocenters. The maximum absolute atomic E-state index is 12.3. The molecular formula is C19H20ClN3O2. The first-order chi connectivity index (χ1) is 12.1. The van der Waals surface area contributed by atoms with Crippen LogP contribution in [0.25, 0.3) is 11.6 Å². The van der Waals surface area contributed by atoms with Crippen LogP contribution in [0.4, 0.5) is 0 Å². The van der Waals surface area contributed by atoms with Crippen molar-refractivity contribution in [2.45, 2.75) is 6.42 Å². The number of rotatable bonds is 7. The fourth-order valence-electron chi connectivity index (χ4n) is 2.41. The van der Waals surface area contributed by atoms with Gasteiger partial charge in [-0.3, -0.25) is 4.79 Å². The maximum Gasteiger partial charge on any atom is 0.267 e. The highest BCUT2D eigenvalue weighted by Gasteiger charge is 2.14. The number of halogens is 1. The Morgan fingerprint density at radius 2 is 1.96 bits per heavy atom. The Morgan fingerprint density at radius 1 is 1.28 bits per heavy atom. The second-order valence-electron chi connectivity index (χ2n) is 5.49. The maximum atomic E-state index is 12.3. The van der Waals surface area contributed by atoms with Crippen LogP contribution < -0.4 is 5.32 Å². The number of ether oxygens (including phenoxy) is 1. The second-order valence-corrected chi connectivity index (χ2v) is 5.92. The lowest BCUT2D eigenvalue weighted by Crippen LogP contribution is -2.27. The van der Waals surface area contributed by atoms with Gasteiger partial charge in [0.25, 0.3) is 5.91 Å². The number of methoxy groups -OCH3 is 1. The Morgan fingerprint density at radius 3 is 2.60 bits per heavy atom. The largest absolute Gasteiger partial charge is 0.385 e. The zero-order valence-corrected chi connectivity index (χ0v) is 15.0. The van der Waals surface area contributed by atoms with Gasteiger partial charge >= 0.3 is 0 Å². The quantitative estimate of drug-likeness (QED) is 0.609. The van der Waals surface area contributed by atoms with Crippen molar-refractivity contribution in [3.05, 3.63) is 58.4 Å². The van der Waals surface area contributed by atoms with Crippen molar-refractivity contribution < 1.29 is 9.53 Å². The summed E-state index contributed by atoms with van der Waals surface area (Å²) in [6.45, 7) is 1.14. The molecule has 0 saturated heterocycles. The van der Waals surface area contributed by atoms with Gasteiger partial charge < -0.3 is 14.6 Å². The van der Waals surface area contributed by atoms with E-state index in [2.05, 4.69) is 11.4 Å². The van der Waals surface area contributed by atoms with Gasteiger partial charge in [-0.05, 0) is 42.3 Å². The fourth-order valence-corrected chi connectivity index (χ4v) is 2.53. The van der Waals surface area contributed by atoms with Crippen LogP contribution in [-0.4, -0.2) is 30.7 Å².